The molecule has 0 aliphatic carbocycles. The molecule has 0 atom stereocenters. The Hall–Kier alpha value is -2.50. The highest BCUT2D eigenvalue weighted by molar-refractivity contribution is 5.67. The van der Waals surface area contributed by atoms with Crippen LogP contribution in [0.5, 0.6) is 11.5 Å². The monoisotopic (exact) mass is 246 g/mol. The summed E-state index contributed by atoms with van der Waals surface area (Å²) < 4.78 is 10.4. The van der Waals surface area contributed by atoms with E-state index < -0.39 is 0 Å². The van der Waals surface area contributed by atoms with Crippen molar-refractivity contribution in [3.8, 4) is 11.5 Å². The average molecular weight is 246 g/mol. The minimum absolute atomic E-state index is 0.333. The van der Waals surface area contributed by atoms with Gasteiger partial charge in [0.05, 0.1) is 14.2 Å². The molecule has 0 fully saturated rings. The van der Waals surface area contributed by atoms with Crippen molar-refractivity contribution in [1.29, 1.82) is 0 Å². The molecule has 0 aliphatic rings. The smallest absolute Gasteiger partial charge is 0.173 e. The summed E-state index contributed by atoms with van der Waals surface area (Å²) in [6.45, 7) is 0. The van der Waals surface area contributed by atoms with E-state index in [1.807, 2.05) is 12.1 Å². The van der Waals surface area contributed by atoms with E-state index in [9.17, 15) is 0 Å². The van der Waals surface area contributed by atoms with E-state index in [4.69, 9.17) is 15.2 Å². The van der Waals surface area contributed by atoms with Crippen LogP contribution in [0.4, 0.5) is 17.3 Å². The quantitative estimate of drug-likeness (QED) is 0.856. The van der Waals surface area contributed by atoms with Gasteiger partial charge < -0.3 is 20.5 Å². The van der Waals surface area contributed by atoms with Gasteiger partial charge in [-0.15, -0.1) is 0 Å². The van der Waals surface area contributed by atoms with E-state index in [2.05, 4.69) is 15.3 Å². The van der Waals surface area contributed by atoms with E-state index in [0.717, 1.165) is 5.69 Å². The van der Waals surface area contributed by atoms with Crippen molar-refractivity contribution >= 4 is 17.3 Å². The summed E-state index contributed by atoms with van der Waals surface area (Å²) >= 11 is 0. The molecule has 18 heavy (non-hydrogen) atoms. The van der Waals surface area contributed by atoms with Crippen LogP contribution in [0.2, 0.25) is 0 Å². The number of ether oxygens (including phenoxy) is 2. The zero-order valence-corrected chi connectivity index (χ0v) is 10.2. The lowest BCUT2D eigenvalue weighted by Gasteiger charge is -2.10. The number of nitrogens with one attached hydrogen (secondary N) is 1. The van der Waals surface area contributed by atoms with Crippen molar-refractivity contribution in [2.24, 2.45) is 0 Å². The van der Waals surface area contributed by atoms with Crippen LogP contribution >= 0.6 is 0 Å². The topological polar surface area (TPSA) is 82.3 Å². The van der Waals surface area contributed by atoms with Crippen molar-refractivity contribution in [3.05, 3.63) is 30.6 Å². The van der Waals surface area contributed by atoms with Gasteiger partial charge in [-0.3, -0.25) is 0 Å². The molecule has 2 rings (SSSR count). The Balaban J connectivity index is 2.31. The zero-order chi connectivity index (χ0) is 13.0. The van der Waals surface area contributed by atoms with Gasteiger partial charge in [-0.2, -0.15) is 0 Å². The summed E-state index contributed by atoms with van der Waals surface area (Å²) in [5.74, 6) is 2.19. The zero-order valence-electron chi connectivity index (χ0n) is 10.2. The lowest BCUT2D eigenvalue weighted by Crippen LogP contribution is -2.01. The van der Waals surface area contributed by atoms with Gasteiger partial charge in [0.25, 0.3) is 0 Å². The molecule has 6 nitrogen and oxygen atoms in total. The number of nitrogen functional groups attached to an aromatic ring is 1. The van der Waals surface area contributed by atoms with Crippen LogP contribution in [0.3, 0.4) is 0 Å². The van der Waals surface area contributed by atoms with Crippen molar-refractivity contribution in [1.82, 2.24) is 9.97 Å². The second kappa shape index (κ2) is 5.22. The first kappa shape index (κ1) is 12.0. The number of hydrogen-bond donors (Lipinski definition) is 2. The van der Waals surface area contributed by atoms with E-state index in [1.165, 1.54) is 6.20 Å². The molecule has 0 radical (unpaired) electrons. The molecule has 3 N–H and O–H groups in total. The Labute approximate surface area is 105 Å². The molecular weight excluding hydrogens is 232 g/mol. The van der Waals surface area contributed by atoms with Gasteiger partial charge in [-0.1, -0.05) is 0 Å². The van der Waals surface area contributed by atoms with Gasteiger partial charge in [0.15, 0.2) is 11.6 Å². The number of hydrogen-bond acceptors (Lipinski definition) is 6. The predicted octanol–water partition coefficient (Wildman–Crippen LogP) is 1.82. The number of rotatable bonds is 4. The molecule has 0 unspecified atom stereocenters. The summed E-state index contributed by atoms with van der Waals surface area (Å²) in [6, 6.07) is 5.42. The molecule has 0 bridgehead atoms. The second-order valence-corrected chi connectivity index (χ2v) is 3.52. The third-order valence-electron chi connectivity index (χ3n) is 2.34. The molecule has 0 amide bonds. The lowest BCUT2D eigenvalue weighted by atomic mass is 10.2. The fourth-order valence-corrected chi connectivity index (χ4v) is 1.46. The highest BCUT2D eigenvalue weighted by Gasteiger charge is 2.05. The van der Waals surface area contributed by atoms with Gasteiger partial charge >= 0.3 is 0 Å². The summed E-state index contributed by atoms with van der Waals surface area (Å²) in [7, 11) is 3.18. The first-order chi connectivity index (χ1) is 8.72. The Morgan fingerprint density at radius 3 is 2.17 bits per heavy atom. The van der Waals surface area contributed by atoms with Gasteiger partial charge in [-0.25, -0.2) is 9.97 Å². The first-order valence-electron chi connectivity index (χ1n) is 5.29. The van der Waals surface area contributed by atoms with Gasteiger partial charge in [0.1, 0.15) is 11.5 Å². The lowest BCUT2D eigenvalue weighted by molar-refractivity contribution is 0.395. The average Bonchev–Trinajstić information content (AvgIpc) is 2.41. The molecular formula is C12H14N4O2. The van der Waals surface area contributed by atoms with Crippen LogP contribution in [0.15, 0.2) is 30.6 Å². The number of nitrogens with zero attached hydrogens (tertiary/aromatic N) is 2. The largest absolute Gasteiger partial charge is 0.497 e. The number of nitrogens with two attached hydrogens (primary N) is 1. The van der Waals surface area contributed by atoms with Gasteiger partial charge in [0.2, 0.25) is 0 Å². The Morgan fingerprint density at radius 2 is 1.61 bits per heavy atom. The van der Waals surface area contributed by atoms with Crippen LogP contribution in [-0.2, 0) is 0 Å². The Kier molecular flexibility index (Phi) is 3.47. The maximum Gasteiger partial charge on any atom is 0.173 e. The molecule has 2 aromatic rings. The first-order valence-corrected chi connectivity index (χ1v) is 5.29. The van der Waals surface area contributed by atoms with E-state index in [0.29, 0.717) is 23.1 Å². The van der Waals surface area contributed by atoms with Crippen molar-refractivity contribution in [2.45, 2.75) is 0 Å². The Bertz CT molecular complexity index is 523. The maximum absolute atomic E-state index is 5.71. The normalized spacial score (nSPS) is 9.89. The summed E-state index contributed by atoms with van der Waals surface area (Å²) in [5.41, 5.74) is 6.47. The van der Waals surface area contributed by atoms with Crippen molar-refractivity contribution < 1.29 is 9.47 Å². The van der Waals surface area contributed by atoms with E-state index >= 15 is 0 Å². The van der Waals surface area contributed by atoms with Gasteiger partial charge in [0, 0.05) is 36.3 Å². The molecule has 0 saturated carbocycles. The van der Waals surface area contributed by atoms with Crippen LogP contribution < -0.4 is 20.5 Å². The number of methoxy groups -OCH3 is 2. The molecule has 1 aromatic carbocycles. The predicted molar refractivity (Wildman–Crippen MR) is 69.3 cm³/mol. The third kappa shape index (κ3) is 2.60. The standard InChI is InChI=1S/C12H14N4O2/c1-17-9-5-8(6-10(7-9)18-2)16-12-11(13)14-3-4-15-12/h3-7H,1-2H3,(H2,13,14)(H,15,16). The second-order valence-electron chi connectivity index (χ2n) is 3.52. The fraction of sp³-hybridized carbons (Fsp3) is 0.167. The van der Waals surface area contributed by atoms with Crippen LogP contribution in [0.1, 0.15) is 0 Å². The molecule has 0 saturated heterocycles. The number of aromatic nitrogens is 2. The SMILES string of the molecule is COc1cc(Nc2nccnc2N)cc(OC)c1. The van der Waals surface area contributed by atoms with Crippen molar-refractivity contribution in [2.75, 3.05) is 25.3 Å². The molecule has 1 aromatic heterocycles. The highest BCUT2D eigenvalue weighted by atomic mass is 16.5. The van der Waals surface area contributed by atoms with Crippen LogP contribution in [0.25, 0.3) is 0 Å². The highest BCUT2D eigenvalue weighted by Crippen LogP contribution is 2.28. The minimum Gasteiger partial charge on any atom is -0.497 e. The van der Waals surface area contributed by atoms with E-state index in [-0.39, 0.29) is 0 Å². The van der Waals surface area contributed by atoms with E-state index in [1.54, 1.807) is 26.5 Å². The van der Waals surface area contributed by atoms with Crippen LogP contribution in [-0.4, -0.2) is 24.2 Å². The molecule has 0 aliphatic heterocycles. The molecule has 6 heteroatoms. The van der Waals surface area contributed by atoms with Gasteiger partial charge in [-0.05, 0) is 0 Å². The minimum atomic E-state index is 0.333. The van der Waals surface area contributed by atoms with Crippen LogP contribution in [0, 0.1) is 0 Å². The molecule has 0 spiro atoms. The third-order valence-corrected chi connectivity index (χ3v) is 2.34. The summed E-state index contributed by atoms with van der Waals surface area (Å²) in [4.78, 5) is 8.06. The summed E-state index contributed by atoms with van der Waals surface area (Å²) in [6.07, 6.45) is 3.10. The maximum atomic E-state index is 5.71. The fourth-order valence-electron chi connectivity index (χ4n) is 1.46. The van der Waals surface area contributed by atoms with Crippen molar-refractivity contribution in [3.63, 3.8) is 0 Å². The molecule has 1 heterocycles. The number of benzene rings is 1. The summed E-state index contributed by atoms with van der Waals surface area (Å²) in [5, 5.41) is 3.06. The molecule has 94 valence electrons. The number of anilines is 3. The Morgan fingerprint density at radius 1 is 1.00 bits per heavy atom.